The van der Waals surface area contributed by atoms with Gasteiger partial charge in [0.15, 0.2) is 18.1 Å². The molecule has 0 radical (unpaired) electrons. The topological polar surface area (TPSA) is 124 Å². The van der Waals surface area contributed by atoms with Crippen LogP contribution >= 0.6 is 0 Å². The average molecular weight is 466 g/mol. The number of fused-ring (bicyclic) bond motifs is 2. The molecule has 0 aliphatic carbocycles. The fourth-order valence-corrected chi connectivity index (χ4v) is 4.44. The predicted octanol–water partition coefficient (Wildman–Crippen LogP) is 2.22. The predicted molar refractivity (Wildman–Crippen MR) is 125 cm³/mol. The van der Waals surface area contributed by atoms with Crippen molar-refractivity contribution in [2.24, 2.45) is 0 Å². The van der Waals surface area contributed by atoms with Crippen molar-refractivity contribution in [1.82, 2.24) is 4.98 Å². The summed E-state index contributed by atoms with van der Waals surface area (Å²) in [5.41, 5.74) is 3.11. The van der Waals surface area contributed by atoms with Crippen LogP contribution in [-0.4, -0.2) is 62.7 Å². The molecule has 4 aromatic rings. The molecule has 1 saturated heterocycles. The van der Waals surface area contributed by atoms with Crippen molar-refractivity contribution >= 4 is 21.7 Å². The zero-order valence-corrected chi connectivity index (χ0v) is 18.4. The Hall–Kier alpha value is -2.98. The second-order valence-electron chi connectivity index (χ2n) is 8.55. The average Bonchev–Trinajstić information content (AvgIpc) is 3.28. The van der Waals surface area contributed by atoms with Gasteiger partial charge >= 0.3 is 0 Å². The largest absolute Gasteiger partial charge is 0.394 e. The number of aliphatic hydroxyl groups excluding tert-OH is 4. The maximum atomic E-state index is 10.3. The molecular weight excluding hydrogens is 438 g/mol. The first-order valence-electron chi connectivity index (χ1n) is 11.3. The van der Waals surface area contributed by atoms with E-state index in [0.717, 1.165) is 29.3 Å². The van der Waals surface area contributed by atoms with Crippen LogP contribution in [0, 0.1) is 0 Å². The van der Waals surface area contributed by atoms with Crippen LogP contribution < -0.4 is 4.89 Å². The second-order valence-corrected chi connectivity index (χ2v) is 8.55. The maximum absolute atomic E-state index is 10.3. The number of aryl methyl sites for hydroxylation is 2. The molecule has 1 aliphatic rings. The quantitative estimate of drug-likeness (QED) is 0.209. The van der Waals surface area contributed by atoms with Gasteiger partial charge in [0.05, 0.1) is 6.61 Å². The van der Waals surface area contributed by atoms with Gasteiger partial charge in [0.25, 0.3) is 0 Å². The molecule has 2 heterocycles. The van der Waals surface area contributed by atoms with E-state index < -0.39 is 37.3 Å². The molecule has 34 heavy (non-hydrogen) atoms. The van der Waals surface area contributed by atoms with Crippen molar-refractivity contribution in [1.29, 1.82) is 0 Å². The lowest BCUT2D eigenvalue weighted by atomic mass is 9.99. The number of hydrogen-bond donors (Lipinski definition) is 5. The van der Waals surface area contributed by atoms with Crippen molar-refractivity contribution in [3.05, 3.63) is 78.0 Å². The molecule has 1 aliphatic heterocycles. The monoisotopic (exact) mass is 465 g/mol. The van der Waals surface area contributed by atoms with Gasteiger partial charge in [-0.3, -0.25) is 0 Å². The Kier molecular flexibility index (Phi) is 6.51. The molecule has 0 saturated carbocycles. The first-order chi connectivity index (χ1) is 16.5. The number of aliphatic hydroxyl groups is 4. The summed E-state index contributed by atoms with van der Waals surface area (Å²) in [6.45, 7) is -0.550. The van der Waals surface area contributed by atoms with Crippen LogP contribution in [0.25, 0.3) is 21.7 Å². The molecule has 5 rings (SSSR count). The zero-order chi connectivity index (χ0) is 23.7. The third kappa shape index (κ3) is 4.39. The molecule has 3 aromatic carbocycles. The molecule has 0 unspecified atom stereocenters. The SMILES string of the molecule is OC[C@H]1O[C@@H](O)[C@H](OOc2cccc3[nH]cc(CCc4ccc5ccccc5c4)c23)[C@@H](O)[C@@H]1O. The first kappa shape index (κ1) is 22.8. The Morgan fingerprint density at radius 1 is 0.882 bits per heavy atom. The number of hydrogen-bond acceptors (Lipinski definition) is 7. The summed E-state index contributed by atoms with van der Waals surface area (Å²) < 4.78 is 5.12. The molecule has 0 spiro atoms. The summed E-state index contributed by atoms with van der Waals surface area (Å²) in [5.74, 6) is 0.408. The molecule has 1 fully saturated rings. The number of ether oxygens (including phenoxy) is 1. The number of aromatic amines is 1. The normalized spacial score (nSPS) is 25.1. The van der Waals surface area contributed by atoms with Gasteiger partial charge < -0.3 is 35.0 Å². The van der Waals surface area contributed by atoms with Gasteiger partial charge in [0.2, 0.25) is 0 Å². The second kappa shape index (κ2) is 9.71. The van der Waals surface area contributed by atoms with Gasteiger partial charge in [0, 0.05) is 17.1 Å². The Balaban J connectivity index is 1.32. The fraction of sp³-hybridized carbons (Fsp3) is 0.308. The zero-order valence-electron chi connectivity index (χ0n) is 18.4. The molecular formula is C26H27NO7. The van der Waals surface area contributed by atoms with Crippen molar-refractivity contribution in [3.63, 3.8) is 0 Å². The molecule has 0 bridgehead atoms. The third-order valence-electron chi connectivity index (χ3n) is 6.34. The molecule has 8 heteroatoms. The van der Waals surface area contributed by atoms with Gasteiger partial charge in [-0.2, -0.15) is 4.89 Å². The molecule has 0 amide bonds. The Bertz CT molecular complexity index is 1270. The Labute approximate surface area is 195 Å². The van der Waals surface area contributed by atoms with E-state index in [1.165, 1.54) is 16.3 Å². The lowest BCUT2D eigenvalue weighted by molar-refractivity contribution is -0.364. The Morgan fingerprint density at radius 3 is 2.53 bits per heavy atom. The summed E-state index contributed by atoms with van der Waals surface area (Å²) in [6, 6.07) is 20.2. The fourth-order valence-electron chi connectivity index (χ4n) is 4.44. The number of nitrogens with one attached hydrogen (secondary N) is 1. The van der Waals surface area contributed by atoms with E-state index in [4.69, 9.17) is 14.5 Å². The van der Waals surface area contributed by atoms with Gasteiger partial charge in [0.1, 0.15) is 18.3 Å². The van der Waals surface area contributed by atoms with Crippen LogP contribution in [0.4, 0.5) is 0 Å². The van der Waals surface area contributed by atoms with Gasteiger partial charge in [-0.1, -0.05) is 48.5 Å². The van der Waals surface area contributed by atoms with E-state index in [1.54, 1.807) is 12.1 Å². The lowest BCUT2D eigenvalue weighted by Gasteiger charge is -2.38. The van der Waals surface area contributed by atoms with E-state index in [0.29, 0.717) is 5.75 Å². The van der Waals surface area contributed by atoms with Crippen LogP contribution in [0.2, 0.25) is 0 Å². The Morgan fingerprint density at radius 2 is 1.71 bits per heavy atom. The van der Waals surface area contributed by atoms with Gasteiger partial charge in [-0.15, -0.1) is 0 Å². The maximum Gasteiger partial charge on any atom is 0.188 e. The van der Waals surface area contributed by atoms with Crippen molar-refractivity contribution in [2.75, 3.05) is 6.61 Å². The molecule has 5 atom stereocenters. The van der Waals surface area contributed by atoms with E-state index in [2.05, 4.69) is 35.3 Å². The van der Waals surface area contributed by atoms with Crippen LogP contribution in [-0.2, 0) is 22.5 Å². The highest BCUT2D eigenvalue weighted by molar-refractivity contribution is 5.89. The van der Waals surface area contributed by atoms with Crippen LogP contribution in [0.15, 0.2) is 66.9 Å². The van der Waals surface area contributed by atoms with Gasteiger partial charge in [-0.25, -0.2) is 0 Å². The minimum Gasteiger partial charge on any atom is -0.394 e. The minimum atomic E-state index is -1.58. The standard InChI is InChI=1S/C26H27NO7/c28-14-21-23(29)24(30)25(26(31)32-21)34-33-20-7-3-6-19-22(20)18(13-27-19)11-9-15-8-10-16-4-1-2-5-17(16)12-15/h1-8,10,12-13,21,23-31H,9,11,14H2/t21-,23-,24+,25-,26-/m1/s1. The van der Waals surface area contributed by atoms with E-state index in [9.17, 15) is 20.4 Å². The lowest BCUT2D eigenvalue weighted by Crippen LogP contribution is -2.59. The summed E-state index contributed by atoms with van der Waals surface area (Å²) in [6.07, 6.45) is -3.45. The molecule has 5 N–H and O–H groups in total. The summed E-state index contributed by atoms with van der Waals surface area (Å²) in [5, 5.41) is 42.9. The summed E-state index contributed by atoms with van der Waals surface area (Å²) >= 11 is 0. The summed E-state index contributed by atoms with van der Waals surface area (Å²) in [7, 11) is 0. The third-order valence-corrected chi connectivity index (χ3v) is 6.34. The molecule has 178 valence electrons. The van der Waals surface area contributed by atoms with Crippen LogP contribution in [0.1, 0.15) is 11.1 Å². The van der Waals surface area contributed by atoms with Crippen molar-refractivity contribution in [3.8, 4) is 5.75 Å². The van der Waals surface area contributed by atoms with Crippen LogP contribution in [0.5, 0.6) is 5.75 Å². The number of aromatic nitrogens is 1. The number of benzene rings is 3. The number of rotatable bonds is 7. The highest BCUT2D eigenvalue weighted by atomic mass is 17.2. The van der Waals surface area contributed by atoms with Gasteiger partial charge in [-0.05, 0) is 46.9 Å². The highest BCUT2D eigenvalue weighted by Crippen LogP contribution is 2.31. The summed E-state index contributed by atoms with van der Waals surface area (Å²) in [4.78, 5) is 14.1. The van der Waals surface area contributed by atoms with Crippen molar-refractivity contribution < 1.29 is 34.9 Å². The van der Waals surface area contributed by atoms with Crippen molar-refractivity contribution in [2.45, 2.75) is 43.5 Å². The number of H-pyrrole nitrogens is 1. The minimum absolute atomic E-state index is 0.408. The smallest absolute Gasteiger partial charge is 0.188 e. The highest BCUT2D eigenvalue weighted by Gasteiger charge is 2.45. The molecule has 1 aromatic heterocycles. The van der Waals surface area contributed by atoms with E-state index in [1.807, 2.05) is 24.4 Å². The van der Waals surface area contributed by atoms with E-state index in [-0.39, 0.29) is 0 Å². The first-order valence-corrected chi connectivity index (χ1v) is 11.3. The molecule has 8 nitrogen and oxygen atoms in total. The van der Waals surface area contributed by atoms with E-state index >= 15 is 0 Å². The van der Waals surface area contributed by atoms with Crippen LogP contribution in [0.3, 0.4) is 0 Å².